The molecule has 0 saturated carbocycles. The molecule has 0 atom stereocenters. The second-order valence-corrected chi connectivity index (χ2v) is 7.33. The molecule has 156 valence electrons. The molecule has 3 aromatic rings. The summed E-state index contributed by atoms with van der Waals surface area (Å²) < 4.78 is 5.73. The number of hydrogen-bond donors (Lipinski definition) is 2. The number of aromatic amines is 1. The number of benzene rings is 2. The fourth-order valence-corrected chi connectivity index (χ4v) is 3.19. The Balaban J connectivity index is 1.76. The molecular formula is C23H23ClN2O4. The second kappa shape index (κ2) is 10.1. The number of aromatic nitrogens is 2. The number of H-pyrrole nitrogens is 1. The molecule has 3 rings (SSSR count). The third kappa shape index (κ3) is 5.48. The summed E-state index contributed by atoms with van der Waals surface area (Å²) in [7, 11) is 0. The zero-order chi connectivity index (χ0) is 21.5. The summed E-state index contributed by atoms with van der Waals surface area (Å²) in [6.45, 7) is 2.87. The van der Waals surface area contributed by atoms with Crippen molar-refractivity contribution in [2.24, 2.45) is 0 Å². The molecule has 6 nitrogen and oxygen atoms in total. The van der Waals surface area contributed by atoms with Gasteiger partial charge in [0.15, 0.2) is 5.82 Å². The number of nitrogens with zero attached hydrogens (tertiary/aromatic N) is 1. The van der Waals surface area contributed by atoms with Crippen molar-refractivity contribution < 1.29 is 14.6 Å². The van der Waals surface area contributed by atoms with E-state index in [1.165, 1.54) is 31.0 Å². The summed E-state index contributed by atoms with van der Waals surface area (Å²) in [5, 5.41) is 9.68. The van der Waals surface area contributed by atoms with Gasteiger partial charge in [-0.3, -0.25) is 4.79 Å². The van der Waals surface area contributed by atoms with Crippen molar-refractivity contribution in [3.05, 3.63) is 69.8 Å². The Kier molecular flexibility index (Phi) is 7.25. The standard InChI is InChI=1S/C23H23ClN2O4/c1-2-3-4-5-12-30-17-9-6-15(7-10-17)13-19(24)21-25-20-14-16(23(28)29)8-11-18(20)22(27)26-21/h6-11,13-14H,2-5,12H2,1H3,(H,28,29)(H,25,26,27)/b19-13-. The number of unbranched alkanes of at least 4 members (excludes halogenated alkanes) is 3. The molecule has 1 aromatic heterocycles. The SMILES string of the molecule is CCCCCCOc1ccc(/C=C(\Cl)c2nc3cc(C(=O)O)ccc3c(=O)[nH]2)cc1. The highest BCUT2D eigenvalue weighted by molar-refractivity contribution is 6.50. The van der Waals surface area contributed by atoms with Gasteiger partial charge in [-0.05, 0) is 48.4 Å². The van der Waals surface area contributed by atoms with E-state index in [1.807, 2.05) is 24.3 Å². The van der Waals surface area contributed by atoms with Crippen molar-refractivity contribution in [3.63, 3.8) is 0 Å². The van der Waals surface area contributed by atoms with Crippen LogP contribution >= 0.6 is 11.6 Å². The average molecular weight is 427 g/mol. The minimum atomic E-state index is -1.09. The Morgan fingerprint density at radius 3 is 2.63 bits per heavy atom. The highest BCUT2D eigenvalue weighted by Crippen LogP contribution is 2.22. The van der Waals surface area contributed by atoms with Crippen LogP contribution in [0.1, 0.15) is 54.4 Å². The van der Waals surface area contributed by atoms with E-state index in [-0.39, 0.29) is 27.5 Å². The lowest BCUT2D eigenvalue weighted by Crippen LogP contribution is -2.11. The molecule has 0 bridgehead atoms. The summed E-state index contributed by atoms with van der Waals surface area (Å²) in [5.41, 5.74) is 0.759. The van der Waals surface area contributed by atoms with Crippen LogP contribution in [-0.2, 0) is 0 Å². The maximum atomic E-state index is 12.3. The molecule has 0 fully saturated rings. The maximum Gasteiger partial charge on any atom is 0.335 e. The lowest BCUT2D eigenvalue weighted by molar-refractivity contribution is 0.0697. The van der Waals surface area contributed by atoms with E-state index in [1.54, 1.807) is 6.08 Å². The Hall–Kier alpha value is -3.12. The van der Waals surface area contributed by atoms with E-state index in [4.69, 9.17) is 21.4 Å². The van der Waals surface area contributed by atoms with Crippen LogP contribution in [0, 0.1) is 0 Å². The summed E-state index contributed by atoms with van der Waals surface area (Å²) >= 11 is 6.37. The Morgan fingerprint density at radius 1 is 1.17 bits per heavy atom. The fourth-order valence-electron chi connectivity index (χ4n) is 2.98. The van der Waals surface area contributed by atoms with Gasteiger partial charge in [0.05, 0.1) is 28.1 Å². The summed E-state index contributed by atoms with van der Waals surface area (Å²) in [5.74, 6) is -0.124. The van der Waals surface area contributed by atoms with Gasteiger partial charge in [0.1, 0.15) is 5.75 Å². The molecule has 0 saturated heterocycles. The molecule has 2 aromatic carbocycles. The van der Waals surface area contributed by atoms with Crippen LogP contribution < -0.4 is 10.3 Å². The molecule has 0 unspecified atom stereocenters. The van der Waals surface area contributed by atoms with E-state index in [2.05, 4.69) is 16.9 Å². The van der Waals surface area contributed by atoms with Crippen molar-refractivity contribution in [1.29, 1.82) is 0 Å². The van der Waals surface area contributed by atoms with Crippen LogP contribution in [0.5, 0.6) is 5.75 Å². The van der Waals surface area contributed by atoms with Gasteiger partial charge in [0.2, 0.25) is 0 Å². The number of rotatable bonds is 9. The fraction of sp³-hybridized carbons (Fsp3) is 0.261. The van der Waals surface area contributed by atoms with Crippen LogP contribution in [0.3, 0.4) is 0 Å². The van der Waals surface area contributed by atoms with Crippen molar-refractivity contribution in [2.45, 2.75) is 32.6 Å². The quantitative estimate of drug-likeness (QED) is 0.452. The zero-order valence-electron chi connectivity index (χ0n) is 16.7. The van der Waals surface area contributed by atoms with Crippen molar-refractivity contribution in [1.82, 2.24) is 9.97 Å². The molecule has 30 heavy (non-hydrogen) atoms. The van der Waals surface area contributed by atoms with Crippen LogP contribution in [0.2, 0.25) is 0 Å². The zero-order valence-corrected chi connectivity index (χ0v) is 17.4. The summed E-state index contributed by atoms with van der Waals surface area (Å²) in [4.78, 5) is 30.4. The molecule has 0 amide bonds. The molecule has 2 N–H and O–H groups in total. The van der Waals surface area contributed by atoms with Gasteiger partial charge in [-0.1, -0.05) is 49.9 Å². The Bertz CT molecular complexity index is 1120. The third-order valence-electron chi connectivity index (χ3n) is 4.62. The largest absolute Gasteiger partial charge is 0.494 e. The smallest absolute Gasteiger partial charge is 0.335 e. The molecule has 0 aliphatic carbocycles. The number of aromatic carboxylic acids is 1. The minimum Gasteiger partial charge on any atom is -0.494 e. The van der Waals surface area contributed by atoms with Gasteiger partial charge in [0, 0.05) is 0 Å². The first-order chi connectivity index (χ1) is 14.5. The first-order valence-electron chi connectivity index (χ1n) is 9.85. The van der Waals surface area contributed by atoms with E-state index < -0.39 is 5.97 Å². The summed E-state index contributed by atoms with van der Waals surface area (Å²) in [6.07, 6.45) is 6.29. The number of ether oxygens (including phenoxy) is 1. The van der Waals surface area contributed by atoms with Gasteiger partial charge >= 0.3 is 5.97 Å². The first-order valence-corrected chi connectivity index (χ1v) is 10.2. The van der Waals surface area contributed by atoms with E-state index in [0.29, 0.717) is 12.0 Å². The molecular weight excluding hydrogens is 404 g/mol. The van der Waals surface area contributed by atoms with Gasteiger partial charge in [-0.25, -0.2) is 9.78 Å². The van der Waals surface area contributed by atoms with Crippen molar-refractivity contribution in [3.8, 4) is 5.75 Å². The van der Waals surface area contributed by atoms with Crippen LogP contribution in [0.4, 0.5) is 0 Å². The van der Waals surface area contributed by atoms with E-state index in [9.17, 15) is 9.59 Å². The first kappa shape index (κ1) is 21.6. The second-order valence-electron chi connectivity index (χ2n) is 6.92. The number of hydrogen-bond acceptors (Lipinski definition) is 4. The number of carboxylic acids is 1. The predicted molar refractivity (Wildman–Crippen MR) is 119 cm³/mol. The lowest BCUT2D eigenvalue weighted by atomic mass is 10.1. The average Bonchev–Trinajstić information content (AvgIpc) is 2.74. The van der Waals surface area contributed by atoms with Crippen molar-refractivity contribution >= 4 is 39.6 Å². The number of halogens is 1. The predicted octanol–water partition coefficient (Wildman–Crippen LogP) is 5.32. The van der Waals surface area contributed by atoms with E-state index >= 15 is 0 Å². The molecule has 1 heterocycles. The van der Waals surface area contributed by atoms with Gasteiger partial charge < -0.3 is 14.8 Å². The molecule has 0 aliphatic rings. The normalized spacial score (nSPS) is 11.6. The number of nitrogens with one attached hydrogen (secondary N) is 1. The van der Waals surface area contributed by atoms with Gasteiger partial charge in [0.25, 0.3) is 5.56 Å². The van der Waals surface area contributed by atoms with Crippen molar-refractivity contribution in [2.75, 3.05) is 6.61 Å². The van der Waals surface area contributed by atoms with Crippen LogP contribution in [0.25, 0.3) is 22.0 Å². The Morgan fingerprint density at radius 2 is 1.93 bits per heavy atom. The number of carbonyl (C=O) groups is 1. The topological polar surface area (TPSA) is 92.3 Å². The van der Waals surface area contributed by atoms with Gasteiger partial charge in [-0.2, -0.15) is 0 Å². The number of carboxylic acid groups (broad SMARTS) is 1. The molecule has 0 aliphatic heterocycles. The van der Waals surface area contributed by atoms with Crippen LogP contribution in [0.15, 0.2) is 47.3 Å². The third-order valence-corrected chi connectivity index (χ3v) is 4.91. The molecule has 0 spiro atoms. The molecule has 0 radical (unpaired) electrons. The maximum absolute atomic E-state index is 12.3. The highest BCUT2D eigenvalue weighted by atomic mass is 35.5. The Labute approximate surface area is 179 Å². The lowest BCUT2D eigenvalue weighted by Gasteiger charge is -2.06. The summed E-state index contributed by atoms with van der Waals surface area (Å²) in [6, 6.07) is 11.6. The highest BCUT2D eigenvalue weighted by Gasteiger charge is 2.10. The monoisotopic (exact) mass is 426 g/mol. The van der Waals surface area contributed by atoms with Gasteiger partial charge in [-0.15, -0.1) is 0 Å². The minimum absolute atomic E-state index is 0.0527. The number of fused-ring (bicyclic) bond motifs is 1. The van der Waals surface area contributed by atoms with E-state index in [0.717, 1.165) is 24.2 Å². The van der Waals surface area contributed by atoms with Crippen LogP contribution in [-0.4, -0.2) is 27.7 Å². The molecule has 7 heteroatoms.